The highest BCUT2D eigenvalue weighted by atomic mass is 16.2. The summed E-state index contributed by atoms with van der Waals surface area (Å²) in [6.07, 6.45) is 0. The van der Waals surface area contributed by atoms with Gasteiger partial charge in [-0.3, -0.25) is 4.79 Å². The Bertz CT molecular complexity index is 538. The van der Waals surface area contributed by atoms with Gasteiger partial charge in [0.05, 0.1) is 11.3 Å². The molecule has 1 aliphatic rings. The van der Waals surface area contributed by atoms with Crippen molar-refractivity contribution in [3.8, 4) is 0 Å². The van der Waals surface area contributed by atoms with E-state index in [1.54, 1.807) is 26.2 Å². The van der Waals surface area contributed by atoms with Crippen LogP contribution in [0.25, 0.3) is 0 Å². The fourth-order valence-electron chi connectivity index (χ4n) is 2.01. The zero-order chi connectivity index (χ0) is 15.4. The second-order valence-electron chi connectivity index (χ2n) is 5.61. The first kappa shape index (κ1) is 15.3. The topological polar surface area (TPSA) is 73.5 Å². The van der Waals surface area contributed by atoms with Crippen LogP contribution in [0.2, 0.25) is 0 Å². The predicted molar refractivity (Wildman–Crippen MR) is 82.6 cm³/mol. The predicted octanol–water partition coefficient (Wildman–Crippen LogP) is 1.04. The molecule has 0 unspecified atom stereocenters. The molecule has 0 aromatic heterocycles. The first-order valence-electron chi connectivity index (χ1n) is 7.05. The van der Waals surface area contributed by atoms with Crippen LogP contribution in [0.3, 0.4) is 0 Å². The molecular formula is C15H22N4O2. The minimum atomic E-state index is -0.254. The van der Waals surface area contributed by atoms with Crippen molar-refractivity contribution in [3.05, 3.63) is 29.3 Å². The molecule has 0 saturated carbocycles. The number of urea groups is 1. The number of nitrogens with one attached hydrogen (secondary N) is 3. The number of nitrogens with zero attached hydrogens (tertiary/aromatic N) is 1. The summed E-state index contributed by atoms with van der Waals surface area (Å²) in [5.74, 6) is 0.346. The molecule has 1 fully saturated rings. The zero-order valence-electron chi connectivity index (χ0n) is 12.7. The van der Waals surface area contributed by atoms with Crippen molar-refractivity contribution in [3.63, 3.8) is 0 Å². The maximum Gasteiger partial charge on any atom is 0.321 e. The van der Waals surface area contributed by atoms with Crippen molar-refractivity contribution < 1.29 is 9.59 Å². The lowest BCUT2D eigenvalue weighted by atomic mass is 10.0. The Labute approximate surface area is 124 Å². The van der Waals surface area contributed by atoms with Crippen molar-refractivity contribution in [2.45, 2.75) is 6.92 Å². The molecule has 2 rings (SSSR count). The summed E-state index contributed by atoms with van der Waals surface area (Å²) in [4.78, 5) is 25.5. The molecule has 1 saturated heterocycles. The highest BCUT2D eigenvalue weighted by Gasteiger charge is 2.19. The fraction of sp³-hybridized carbons (Fsp3) is 0.467. The van der Waals surface area contributed by atoms with Crippen LogP contribution in [-0.2, 0) is 0 Å². The number of benzene rings is 1. The van der Waals surface area contributed by atoms with Gasteiger partial charge in [0.15, 0.2) is 0 Å². The summed E-state index contributed by atoms with van der Waals surface area (Å²) < 4.78 is 0. The van der Waals surface area contributed by atoms with E-state index >= 15 is 0 Å². The van der Waals surface area contributed by atoms with Gasteiger partial charge in [-0.25, -0.2) is 4.79 Å². The van der Waals surface area contributed by atoms with Gasteiger partial charge in [0, 0.05) is 39.6 Å². The fourth-order valence-corrected chi connectivity index (χ4v) is 2.01. The van der Waals surface area contributed by atoms with Gasteiger partial charge in [0.25, 0.3) is 5.91 Å². The standard InChI is InChI=1S/C15H22N4O2/c1-10-4-5-13(18-15(21)19(2)3)12(6-10)14(20)17-9-11-7-16-8-11/h4-6,11,16H,7-9H2,1-3H3,(H,17,20)(H,18,21). The number of carbonyl (C=O) groups excluding carboxylic acids is 2. The number of carbonyl (C=O) groups is 2. The average Bonchev–Trinajstić information content (AvgIpc) is 2.38. The molecule has 0 spiro atoms. The first-order valence-corrected chi connectivity index (χ1v) is 7.05. The number of hydrogen-bond donors (Lipinski definition) is 3. The van der Waals surface area contributed by atoms with Crippen molar-refractivity contribution in [2.75, 3.05) is 39.0 Å². The third-order valence-corrected chi connectivity index (χ3v) is 3.48. The molecule has 6 nitrogen and oxygen atoms in total. The van der Waals surface area contributed by atoms with Crippen LogP contribution in [0.1, 0.15) is 15.9 Å². The lowest BCUT2D eigenvalue weighted by molar-refractivity contribution is 0.0943. The van der Waals surface area contributed by atoms with Gasteiger partial charge in [-0.1, -0.05) is 11.6 Å². The summed E-state index contributed by atoms with van der Waals surface area (Å²) in [6.45, 7) is 4.46. The molecule has 21 heavy (non-hydrogen) atoms. The third-order valence-electron chi connectivity index (χ3n) is 3.48. The second-order valence-corrected chi connectivity index (χ2v) is 5.61. The van der Waals surface area contributed by atoms with Gasteiger partial charge < -0.3 is 20.9 Å². The van der Waals surface area contributed by atoms with Crippen molar-refractivity contribution >= 4 is 17.6 Å². The highest BCUT2D eigenvalue weighted by molar-refractivity contribution is 6.03. The number of hydrogen-bond acceptors (Lipinski definition) is 3. The van der Waals surface area contributed by atoms with Gasteiger partial charge in [-0.05, 0) is 19.1 Å². The zero-order valence-corrected chi connectivity index (χ0v) is 12.7. The number of amides is 3. The van der Waals surface area contributed by atoms with Gasteiger partial charge in [-0.15, -0.1) is 0 Å². The van der Waals surface area contributed by atoms with E-state index in [1.165, 1.54) is 4.90 Å². The van der Waals surface area contributed by atoms with Crippen molar-refractivity contribution in [1.82, 2.24) is 15.5 Å². The summed E-state index contributed by atoms with van der Waals surface area (Å²) in [7, 11) is 3.32. The van der Waals surface area contributed by atoms with Crippen LogP contribution >= 0.6 is 0 Å². The van der Waals surface area contributed by atoms with Crippen LogP contribution in [0, 0.1) is 12.8 Å². The quantitative estimate of drug-likeness (QED) is 0.775. The van der Waals surface area contributed by atoms with E-state index in [4.69, 9.17) is 0 Å². The maximum absolute atomic E-state index is 12.3. The molecular weight excluding hydrogens is 268 g/mol. The Morgan fingerprint density at radius 2 is 2.05 bits per heavy atom. The molecule has 0 radical (unpaired) electrons. The summed E-state index contributed by atoms with van der Waals surface area (Å²) in [5.41, 5.74) is 2.01. The van der Waals surface area contributed by atoms with E-state index in [9.17, 15) is 9.59 Å². The lowest BCUT2D eigenvalue weighted by Crippen LogP contribution is -2.48. The molecule has 1 aliphatic heterocycles. The Kier molecular flexibility index (Phi) is 4.80. The molecule has 0 aliphatic carbocycles. The van der Waals surface area contributed by atoms with Gasteiger partial charge in [0.2, 0.25) is 0 Å². The molecule has 114 valence electrons. The van der Waals surface area contributed by atoms with Crippen LogP contribution in [0.5, 0.6) is 0 Å². The van der Waals surface area contributed by atoms with Crippen LogP contribution in [0.15, 0.2) is 18.2 Å². The molecule has 1 aromatic rings. The SMILES string of the molecule is Cc1ccc(NC(=O)N(C)C)c(C(=O)NCC2CNC2)c1. The normalized spacial score (nSPS) is 14.2. The Morgan fingerprint density at radius 1 is 1.33 bits per heavy atom. The monoisotopic (exact) mass is 290 g/mol. The van der Waals surface area contributed by atoms with E-state index in [2.05, 4.69) is 16.0 Å². The van der Waals surface area contributed by atoms with Crippen LogP contribution < -0.4 is 16.0 Å². The first-order chi connectivity index (χ1) is 9.97. The summed E-state index contributed by atoms with van der Waals surface area (Å²) in [5, 5.41) is 8.84. The molecule has 0 atom stereocenters. The van der Waals surface area contributed by atoms with Gasteiger partial charge in [-0.2, -0.15) is 0 Å². The minimum absolute atomic E-state index is 0.153. The van der Waals surface area contributed by atoms with Crippen LogP contribution in [0.4, 0.5) is 10.5 Å². The molecule has 0 bridgehead atoms. The number of anilines is 1. The molecule has 1 heterocycles. The summed E-state index contributed by atoms with van der Waals surface area (Å²) in [6, 6.07) is 5.17. The largest absolute Gasteiger partial charge is 0.352 e. The maximum atomic E-state index is 12.3. The Balaban J connectivity index is 2.09. The average molecular weight is 290 g/mol. The molecule has 1 aromatic carbocycles. The van der Waals surface area contributed by atoms with Crippen molar-refractivity contribution in [1.29, 1.82) is 0 Å². The van der Waals surface area contributed by atoms with E-state index in [0.29, 0.717) is 23.7 Å². The molecule has 3 N–H and O–H groups in total. The number of rotatable bonds is 4. The smallest absolute Gasteiger partial charge is 0.321 e. The van der Waals surface area contributed by atoms with Gasteiger partial charge >= 0.3 is 6.03 Å². The number of aryl methyl sites for hydroxylation is 1. The second kappa shape index (κ2) is 6.58. The van der Waals surface area contributed by atoms with Gasteiger partial charge in [0.1, 0.15) is 0 Å². The van der Waals surface area contributed by atoms with E-state index in [0.717, 1.165) is 18.7 Å². The minimum Gasteiger partial charge on any atom is -0.352 e. The Hall–Kier alpha value is -2.08. The van der Waals surface area contributed by atoms with Crippen LogP contribution in [-0.4, -0.2) is 50.6 Å². The summed E-state index contributed by atoms with van der Waals surface area (Å²) >= 11 is 0. The third kappa shape index (κ3) is 3.95. The highest BCUT2D eigenvalue weighted by Crippen LogP contribution is 2.18. The molecule has 3 amide bonds. The van der Waals surface area contributed by atoms with E-state index in [1.807, 2.05) is 13.0 Å². The molecule has 6 heteroatoms. The van der Waals surface area contributed by atoms with Crippen molar-refractivity contribution in [2.24, 2.45) is 5.92 Å². The Morgan fingerprint density at radius 3 is 2.62 bits per heavy atom. The van der Waals surface area contributed by atoms with E-state index < -0.39 is 0 Å². The lowest BCUT2D eigenvalue weighted by Gasteiger charge is -2.27. The van der Waals surface area contributed by atoms with E-state index in [-0.39, 0.29) is 11.9 Å².